The fourth-order valence-electron chi connectivity index (χ4n) is 2.16. The molecule has 0 bridgehead atoms. The molecular weight excluding hydrogens is 358 g/mol. The number of aromatic nitrogens is 3. The zero-order valence-electron chi connectivity index (χ0n) is 13.1. The summed E-state index contributed by atoms with van der Waals surface area (Å²) in [5.41, 5.74) is 1.86. The summed E-state index contributed by atoms with van der Waals surface area (Å²) in [4.78, 5) is 16.2. The molecule has 1 aromatic carbocycles. The molecule has 124 valence electrons. The number of nitrogens with zero attached hydrogens (tertiary/aromatic N) is 4. The molecule has 1 amide bonds. The van der Waals surface area contributed by atoms with Gasteiger partial charge < -0.3 is 0 Å². The van der Waals surface area contributed by atoms with Gasteiger partial charge in [-0.05, 0) is 25.1 Å². The Bertz CT molecular complexity index is 971. The highest BCUT2D eigenvalue weighted by Gasteiger charge is 2.17. The van der Waals surface area contributed by atoms with Crippen molar-refractivity contribution in [3.8, 4) is 11.8 Å². The van der Waals surface area contributed by atoms with Crippen molar-refractivity contribution in [2.45, 2.75) is 6.92 Å². The second kappa shape index (κ2) is 7.30. The molecule has 0 atom stereocenters. The number of amides is 1. The van der Waals surface area contributed by atoms with Crippen LogP contribution in [0.25, 0.3) is 11.8 Å². The van der Waals surface area contributed by atoms with E-state index in [4.69, 9.17) is 11.6 Å². The highest BCUT2D eigenvalue weighted by molar-refractivity contribution is 7.13. The van der Waals surface area contributed by atoms with E-state index in [-0.39, 0.29) is 5.57 Å². The summed E-state index contributed by atoms with van der Waals surface area (Å²) in [7, 11) is 0. The second-order valence-electron chi connectivity index (χ2n) is 5.00. The Labute approximate surface area is 153 Å². The van der Waals surface area contributed by atoms with E-state index in [9.17, 15) is 10.1 Å². The normalized spacial score (nSPS) is 11.2. The number of thiazole rings is 1. The molecule has 0 spiro atoms. The maximum atomic E-state index is 12.2. The Balaban J connectivity index is 1.95. The minimum atomic E-state index is -0.541. The van der Waals surface area contributed by atoms with E-state index in [1.807, 2.05) is 36.4 Å². The largest absolute Gasteiger partial charge is 0.297 e. The third-order valence-corrected chi connectivity index (χ3v) is 4.41. The number of nitrogens with one attached hydrogen (secondary N) is 1. The molecule has 2 heterocycles. The Hall–Kier alpha value is -2.95. The van der Waals surface area contributed by atoms with Crippen LogP contribution in [0.2, 0.25) is 5.15 Å². The van der Waals surface area contributed by atoms with Crippen LogP contribution in [-0.2, 0) is 4.79 Å². The third kappa shape index (κ3) is 3.60. The van der Waals surface area contributed by atoms with E-state index in [1.165, 1.54) is 17.4 Å². The fourth-order valence-corrected chi connectivity index (χ4v) is 3.01. The number of halogens is 1. The van der Waals surface area contributed by atoms with Crippen molar-refractivity contribution < 1.29 is 4.79 Å². The minimum absolute atomic E-state index is 0.0761. The Morgan fingerprint density at radius 3 is 2.80 bits per heavy atom. The molecule has 8 heteroatoms. The van der Waals surface area contributed by atoms with Crippen LogP contribution >= 0.6 is 22.9 Å². The molecule has 0 aliphatic carbocycles. The number of carbonyl (C=O) groups is 1. The standard InChI is InChI=1S/C17H12ClN5OS/c1-11-14(15(18)23(22-11)13-5-3-2-4-6-13)9-12(10-19)16(24)21-17-20-7-8-25-17/h2-9H,1H3,(H,20,21,24)/b12-9+. The van der Waals surface area contributed by atoms with Gasteiger partial charge in [0.15, 0.2) is 5.13 Å². The van der Waals surface area contributed by atoms with Crippen molar-refractivity contribution >= 4 is 40.1 Å². The third-order valence-electron chi connectivity index (χ3n) is 3.36. The highest BCUT2D eigenvalue weighted by Crippen LogP contribution is 2.26. The molecule has 0 saturated carbocycles. The van der Waals surface area contributed by atoms with Crippen LogP contribution in [0.1, 0.15) is 11.3 Å². The van der Waals surface area contributed by atoms with E-state index in [0.29, 0.717) is 21.5 Å². The van der Waals surface area contributed by atoms with Crippen LogP contribution in [0.4, 0.5) is 5.13 Å². The van der Waals surface area contributed by atoms with E-state index in [2.05, 4.69) is 15.4 Å². The number of aryl methyl sites for hydroxylation is 1. The summed E-state index contributed by atoms with van der Waals surface area (Å²) >= 11 is 7.69. The summed E-state index contributed by atoms with van der Waals surface area (Å²) in [6.07, 6.45) is 3.01. The predicted octanol–water partition coefficient (Wildman–Crippen LogP) is 3.84. The van der Waals surface area contributed by atoms with Gasteiger partial charge >= 0.3 is 0 Å². The van der Waals surface area contributed by atoms with E-state index < -0.39 is 5.91 Å². The lowest BCUT2D eigenvalue weighted by atomic mass is 10.1. The number of benzene rings is 1. The van der Waals surface area contributed by atoms with Crippen LogP contribution in [0.15, 0.2) is 47.5 Å². The van der Waals surface area contributed by atoms with E-state index in [0.717, 1.165) is 5.69 Å². The van der Waals surface area contributed by atoms with E-state index >= 15 is 0 Å². The minimum Gasteiger partial charge on any atom is -0.297 e. The number of hydrogen-bond acceptors (Lipinski definition) is 5. The molecule has 6 nitrogen and oxygen atoms in total. The Morgan fingerprint density at radius 2 is 2.16 bits per heavy atom. The van der Waals surface area contributed by atoms with Crippen molar-refractivity contribution in [1.82, 2.24) is 14.8 Å². The van der Waals surface area contributed by atoms with E-state index in [1.54, 1.807) is 23.2 Å². The number of anilines is 1. The molecule has 0 fully saturated rings. The highest BCUT2D eigenvalue weighted by atomic mass is 35.5. The van der Waals surface area contributed by atoms with Gasteiger partial charge in [-0.2, -0.15) is 10.4 Å². The molecule has 3 rings (SSSR count). The van der Waals surface area contributed by atoms with Gasteiger partial charge in [-0.1, -0.05) is 29.8 Å². The molecule has 0 saturated heterocycles. The lowest BCUT2D eigenvalue weighted by Crippen LogP contribution is -2.13. The topological polar surface area (TPSA) is 83.6 Å². The molecule has 0 unspecified atom stereocenters. The number of para-hydroxylation sites is 1. The van der Waals surface area contributed by atoms with Gasteiger partial charge in [0.2, 0.25) is 0 Å². The lowest BCUT2D eigenvalue weighted by Gasteiger charge is -2.02. The number of carbonyl (C=O) groups excluding carboxylic acids is 1. The smallest absolute Gasteiger partial charge is 0.268 e. The van der Waals surface area contributed by atoms with Crippen molar-refractivity contribution in [2.24, 2.45) is 0 Å². The monoisotopic (exact) mass is 369 g/mol. The van der Waals surface area contributed by atoms with Crippen molar-refractivity contribution in [3.05, 3.63) is 63.9 Å². The summed E-state index contributed by atoms with van der Waals surface area (Å²) in [5, 5.41) is 18.8. The van der Waals surface area contributed by atoms with Crippen molar-refractivity contribution in [1.29, 1.82) is 5.26 Å². The molecule has 25 heavy (non-hydrogen) atoms. The average Bonchev–Trinajstić information content (AvgIpc) is 3.22. The SMILES string of the molecule is Cc1nn(-c2ccccc2)c(Cl)c1/C=C(\C#N)C(=O)Nc1nccs1. The van der Waals surface area contributed by atoms with Crippen molar-refractivity contribution in [3.63, 3.8) is 0 Å². The quantitative estimate of drug-likeness (QED) is 0.559. The molecule has 2 aromatic heterocycles. The molecule has 0 aliphatic rings. The zero-order valence-corrected chi connectivity index (χ0v) is 14.7. The molecule has 0 radical (unpaired) electrons. The first-order valence-corrected chi connectivity index (χ1v) is 8.49. The van der Waals surface area contributed by atoms with Crippen LogP contribution in [0.5, 0.6) is 0 Å². The Kier molecular flexibility index (Phi) is 4.93. The van der Waals surface area contributed by atoms with Gasteiger partial charge in [-0.3, -0.25) is 10.1 Å². The first-order valence-electron chi connectivity index (χ1n) is 7.23. The van der Waals surface area contributed by atoms with Gasteiger partial charge in [0.1, 0.15) is 16.8 Å². The summed E-state index contributed by atoms with van der Waals surface area (Å²) in [5.74, 6) is -0.541. The van der Waals surface area contributed by atoms with Gasteiger partial charge in [0, 0.05) is 17.1 Å². The first kappa shape index (κ1) is 16.9. The number of hydrogen-bond donors (Lipinski definition) is 1. The van der Waals surface area contributed by atoms with Gasteiger partial charge in [0.05, 0.1) is 11.4 Å². The van der Waals surface area contributed by atoms with Gasteiger partial charge in [0.25, 0.3) is 5.91 Å². The molecular formula is C17H12ClN5OS. The fraction of sp³-hybridized carbons (Fsp3) is 0.0588. The van der Waals surface area contributed by atoms with Gasteiger partial charge in [-0.25, -0.2) is 9.67 Å². The van der Waals surface area contributed by atoms with Crippen molar-refractivity contribution in [2.75, 3.05) is 5.32 Å². The van der Waals surface area contributed by atoms with Gasteiger partial charge in [-0.15, -0.1) is 11.3 Å². The lowest BCUT2D eigenvalue weighted by molar-refractivity contribution is -0.112. The Morgan fingerprint density at radius 1 is 1.40 bits per heavy atom. The van der Waals surface area contributed by atoms with Crippen LogP contribution in [0, 0.1) is 18.3 Å². The summed E-state index contributed by atoms with van der Waals surface area (Å²) < 4.78 is 1.57. The molecule has 1 N–H and O–H groups in total. The predicted molar refractivity (Wildman–Crippen MR) is 97.6 cm³/mol. The summed E-state index contributed by atoms with van der Waals surface area (Å²) in [6, 6.07) is 11.3. The maximum Gasteiger partial charge on any atom is 0.268 e. The zero-order chi connectivity index (χ0) is 17.8. The first-order chi connectivity index (χ1) is 12.1. The number of rotatable bonds is 4. The molecule has 0 aliphatic heterocycles. The maximum absolute atomic E-state index is 12.2. The van der Waals surface area contributed by atoms with Crippen LogP contribution in [-0.4, -0.2) is 20.7 Å². The second-order valence-corrected chi connectivity index (χ2v) is 6.25. The van der Waals surface area contributed by atoms with Crippen LogP contribution < -0.4 is 5.32 Å². The number of nitriles is 1. The molecule has 3 aromatic rings. The average molecular weight is 370 g/mol. The summed E-state index contributed by atoms with van der Waals surface area (Å²) in [6.45, 7) is 1.77. The van der Waals surface area contributed by atoms with Crippen LogP contribution in [0.3, 0.4) is 0 Å².